The fraction of sp³-hybridized carbons (Fsp3) is 0.667. The Kier molecular flexibility index (Phi) is 1.57. The molecule has 1 heterocycles. The maximum absolute atomic E-state index is 11.4. The monoisotopic (exact) mass is 152 g/mol. The van der Waals surface area contributed by atoms with E-state index in [1.165, 1.54) is 0 Å². The molecule has 3 atom stereocenters. The molecule has 3 unspecified atom stereocenters. The minimum Gasteiger partial charge on any atom is -0.361 e. The Morgan fingerprint density at radius 2 is 2.45 bits per heavy atom. The Balaban J connectivity index is 1.99. The number of epoxide rings is 1. The molecular weight excluding hydrogens is 140 g/mol. The van der Waals surface area contributed by atoms with Gasteiger partial charge in [-0.1, -0.05) is 6.08 Å². The van der Waals surface area contributed by atoms with Crippen molar-refractivity contribution < 1.29 is 9.53 Å². The predicted octanol–water partition coefficient (Wildman–Crippen LogP) is 1.31. The van der Waals surface area contributed by atoms with Gasteiger partial charge in [0.1, 0.15) is 6.10 Å². The van der Waals surface area contributed by atoms with Crippen LogP contribution in [-0.2, 0) is 9.53 Å². The summed E-state index contributed by atoms with van der Waals surface area (Å²) in [6.07, 6.45) is 4.95. The number of ketones is 1. The van der Waals surface area contributed by atoms with Crippen LogP contribution >= 0.6 is 0 Å². The van der Waals surface area contributed by atoms with Crippen LogP contribution in [0.25, 0.3) is 0 Å². The molecule has 1 aliphatic carbocycles. The van der Waals surface area contributed by atoms with Crippen molar-refractivity contribution in [1.29, 1.82) is 0 Å². The van der Waals surface area contributed by atoms with Gasteiger partial charge in [-0.25, -0.2) is 0 Å². The normalized spacial score (nSPS) is 41.5. The Bertz CT molecular complexity index is 198. The molecule has 0 amide bonds. The first-order chi connectivity index (χ1) is 5.33. The number of allylic oxidation sites excluding steroid dienone is 1. The molecule has 1 saturated heterocycles. The lowest BCUT2D eigenvalue weighted by Gasteiger charge is -2.14. The average Bonchev–Trinajstić information content (AvgIpc) is 2.75. The number of ether oxygens (including phenoxy) is 1. The Hall–Kier alpha value is -0.630. The third-order valence-corrected chi connectivity index (χ3v) is 2.52. The third-order valence-electron chi connectivity index (χ3n) is 2.52. The molecule has 1 saturated carbocycles. The smallest absolute Gasteiger partial charge is 0.167 e. The number of hydrogen-bond acceptors (Lipinski definition) is 2. The van der Waals surface area contributed by atoms with Crippen LogP contribution in [0.15, 0.2) is 12.7 Å². The molecule has 0 aromatic heterocycles. The maximum atomic E-state index is 11.4. The zero-order chi connectivity index (χ0) is 7.84. The van der Waals surface area contributed by atoms with Gasteiger partial charge in [-0.15, -0.1) is 6.58 Å². The molecule has 2 rings (SSSR count). The average molecular weight is 152 g/mol. The van der Waals surface area contributed by atoms with Crippen LogP contribution in [-0.4, -0.2) is 18.0 Å². The highest BCUT2D eigenvalue weighted by Crippen LogP contribution is 2.37. The quantitative estimate of drug-likeness (QED) is 0.441. The zero-order valence-corrected chi connectivity index (χ0v) is 6.45. The van der Waals surface area contributed by atoms with Gasteiger partial charge < -0.3 is 4.74 Å². The number of Topliss-reactive ketones (excluding diaryl/α,β-unsaturated/α-hetero) is 1. The Morgan fingerprint density at radius 3 is 3.18 bits per heavy atom. The number of fused-ring (bicyclic) bond motifs is 1. The molecule has 0 N–H and O–H groups in total. The SMILES string of the molecule is C=CCC1CCC2OC2C1=O. The van der Waals surface area contributed by atoms with E-state index in [0.717, 1.165) is 19.3 Å². The molecule has 0 bridgehead atoms. The molecule has 2 fully saturated rings. The van der Waals surface area contributed by atoms with E-state index in [4.69, 9.17) is 4.74 Å². The van der Waals surface area contributed by atoms with Crippen LogP contribution in [0.3, 0.4) is 0 Å². The van der Waals surface area contributed by atoms with E-state index in [-0.39, 0.29) is 18.1 Å². The minimum absolute atomic E-state index is 0.0336. The van der Waals surface area contributed by atoms with Gasteiger partial charge in [0.15, 0.2) is 5.78 Å². The molecule has 11 heavy (non-hydrogen) atoms. The molecule has 1 aliphatic heterocycles. The lowest BCUT2D eigenvalue weighted by Crippen LogP contribution is -2.25. The van der Waals surface area contributed by atoms with Gasteiger partial charge in [-0.05, 0) is 19.3 Å². The summed E-state index contributed by atoms with van der Waals surface area (Å²) in [6.45, 7) is 3.63. The van der Waals surface area contributed by atoms with Gasteiger partial charge in [0, 0.05) is 5.92 Å². The summed E-state index contributed by atoms with van der Waals surface area (Å²) < 4.78 is 5.18. The lowest BCUT2D eigenvalue weighted by atomic mass is 9.86. The van der Waals surface area contributed by atoms with Crippen LogP contribution in [0.1, 0.15) is 19.3 Å². The van der Waals surface area contributed by atoms with Gasteiger partial charge in [0.2, 0.25) is 0 Å². The summed E-state index contributed by atoms with van der Waals surface area (Å²) in [5, 5.41) is 0. The number of carbonyl (C=O) groups excluding carboxylic acids is 1. The molecule has 60 valence electrons. The minimum atomic E-state index is -0.0336. The van der Waals surface area contributed by atoms with E-state index in [1.807, 2.05) is 6.08 Å². The number of carbonyl (C=O) groups is 1. The first-order valence-electron chi connectivity index (χ1n) is 4.13. The van der Waals surface area contributed by atoms with E-state index < -0.39 is 0 Å². The van der Waals surface area contributed by atoms with Crippen molar-refractivity contribution in [2.45, 2.75) is 31.5 Å². The lowest BCUT2D eigenvalue weighted by molar-refractivity contribution is -0.124. The largest absolute Gasteiger partial charge is 0.361 e. The predicted molar refractivity (Wildman–Crippen MR) is 41.2 cm³/mol. The summed E-state index contributed by atoms with van der Waals surface area (Å²) in [5.41, 5.74) is 0. The van der Waals surface area contributed by atoms with E-state index in [1.54, 1.807) is 0 Å². The second-order valence-corrected chi connectivity index (χ2v) is 3.30. The van der Waals surface area contributed by atoms with Crippen molar-refractivity contribution >= 4 is 5.78 Å². The van der Waals surface area contributed by atoms with Crippen LogP contribution in [0.4, 0.5) is 0 Å². The van der Waals surface area contributed by atoms with Crippen LogP contribution in [0.2, 0.25) is 0 Å². The Morgan fingerprint density at radius 1 is 1.64 bits per heavy atom. The summed E-state index contributed by atoms with van der Waals surface area (Å²) in [5.74, 6) is 0.511. The molecule has 0 spiro atoms. The van der Waals surface area contributed by atoms with Crippen molar-refractivity contribution in [2.75, 3.05) is 0 Å². The molecule has 0 aromatic carbocycles. The topological polar surface area (TPSA) is 29.6 Å². The fourth-order valence-electron chi connectivity index (χ4n) is 1.79. The summed E-state index contributed by atoms with van der Waals surface area (Å²) >= 11 is 0. The van der Waals surface area contributed by atoms with Crippen molar-refractivity contribution in [1.82, 2.24) is 0 Å². The van der Waals surface area contributed by atoms with E-state index in [9.17, 15) is 4.79 Å². The number of hydrogen-bond donors (Lipinski definition) is 0. The summed E-state index contributed by atoms with van der Waals surface area (Å²) in [7, 11) is 0. The van der Waals surface area contributed by atoms with Crippen molar-refractivity contribution in [3.8, 4) is 0 Å². The van der Waals surface area contributed by atoms with Crippen molar-refractivity contribution in [2.24, 2.45) is 5.92 Å². The van der Waals surface area contributed by atoms with Crippen LogP contribution in [0.5, 0.6) is 0 Å². The van der Waals surface area contributed by atoms with E-state index in [2.05, 4.69) is 6.58 Å². The van der Waals surface area contributed by atoms with Crippen LogP contribution < -0.4 is 0 Å². The van der Waals surface area contributed by atoms with Gasteiger partial charge in [-0.2, -0.15) is 0 Å². The van der Waals surface area contributed by atoms with E-state index in [0.29, 0.717) is 5.78 Å². The van der Waals surface area contributed by atoms with Gasteiger partial charge >= 0.3 is 0 Å². The molecule has 0 radical (unpaired) electrons. The second-order valence-electron chi connectivity index (χ2n) is 3.30. The molecule has 2 aliphatic rings. The maximum Gasteiger partial charge on any atom is 0.167 e. The first-order valence-corrected chi connectivity index (χ1v) is 4.13. The fourth-order valence-corrected chi connectivity index (χ4v) is 1.79. The van der Waals surface area contributed by atoms with Crippen molar-refractivity contribution in [3.63, 3.8) is 0 Å². The summed E-state index contributed by atoms with van der Waals surface area (Å²) in [6, 6.07) is 0. The van der Waals surface area contributed by atoms with Gasteiger partial charge in [0.05, 0.1) is 6.10 Å². The highest BCUT2D eigenvalue weighted by Gasteiger charge is 2.50. The zero-order valence-electron chi connectivity index (χ0n) is 6.45. The molecule has 2 heteroatoms. The van der Waals surface area contributed by atoms with E-state index >= 15 is 0 Å². The Labute approximate surface area is 66.2 Å². The van der Waals surface area contributed by atoms with Crippen LogP contribution in [0, 0.1) is 5.92 Å². The standard InChI is InChI=1S/C9H12O2/c1-2-3-6-4-5-7-9(11-7)8(6)10/h2,6-7,9H,1,3-5H2. The summed E-state index contributed by atoms with van der Waals surface area (Å²) in [4.78, 5) is 11.4. The highest BCUT2D eigenvalue weighted by atomic mass is 16.6. The highest BCUT2D eigenvalue weighted by molar-refractivity contribution is 5.89. The van der Waals surface area contributed by atoms with Crippen molar-refractivity contribution in [3.05, 3.63) is 12.7 Å². The second kappa shape index (κ2) is 2.45. The first kappa shape index (κ1) is 7.04. The molecule has 2 nitrogen and oxygen atoms in total. The molecule has 0 aromatic rings. The number of rotatable bonds is 2. The third kappa shape index (κ3) is 1.11. The van der Waals surface area contributed by atoms with Gasteiger partial charge in [-0.3, -0.25) is 4.79 Å². The molecular formula is C9H12O2. The van der Waals surface area contributed by atoms with Gasteiger partial charge in [0.25, 0.3) is 0 Å².